The van der Waals surface area contributed by atoms with Gasteiger partial charge in [0, 0.05) is 46.6 Å². The minimum atomic E-state index is 0.302. The van der Waals surface area contributed by atoms with Gasteiger partial charge in [-0.1, -0.05) is 13.0 Å². The summed E-state index contributed by atoms with van der Waals surface area (Å²) < 4.78 is 10.6. The molecule has 0 bridgehead atoms. The second-order valence-electron chi connectivity index (χ2n) is 5.68. The van der Waals surface area contributed by atoms with Crippen LogP contribution < -0.4 is 10.2 Å². The molecule has 0 radical (unpaired) electrons. The Balaban J connectivity index is 1.86. The SMILES string of the molecule is COCCNCc1ccc(N2CCC(C)C(OC)C2)nc1. The predicted molar refractivity (Wildman–Crippen MR) is 84.6 cm³/mol. The van der Waals surface area contributed by atoms with Gasteiger partial charge in [0.1, 0.15) is 5.82 Å². The zero-order valence-electron chi connectivity index (χ0n) is 13.3. The molecule has 0 aromatic carbocycles. The van der Waals surface area contributed by atoms with E-state index in [1.54, 1.807) is 14.2 Å². The number of ether oxygens (including phenoxy) is 2. The fourth-order valence-electron chi connectivity index (χ4n) is 2.66. The molecule has 0 saturated carbocycles. The van der Waals surface area contributed by atoms with Crippen LogP contribution in [0.25, 0.3) is 0 Å². The van der Waals surface area contributed by atoms with Crippen LogP contribution in [0.2, 0.25) is 0 Å². The van der Waals surface area contributed by atoms with Gasteiger partial charge in [-0.25, -0.2) is 4.98 Å². The fourth-order valence-corrected chi connectivity index (χ4v) is 2.66. The Morgan fingerprint density at radius 3 is 2.90 bits per heavy atom. The number of aromatic nitrogens is 1. The number of nitrogens with zero attached hydrogens (tertiary/aromatic N) is 2. The van der Waals surface area contributed by atoms with Crippen molar-refractivity contribution >= 4 is 5.82 Å². The molecule has 1 aromatic heterocycles. The molecule has 1 saturated heterocycles. The average molecular weight is 293 g/mol. The first-order valence-corrected chi connectivity index (χ1v) is 7.67. The van der Waals surface area contributed by atoms with Gasteiger partial charge in [0.25, 0.3) is 0 Å². The summed E-state index contributed by atoms with van der Waals surface area (Å²) in [6.45, 7) is 6.66. The molecule has 1 aliphatic heterocycles. The zero-order valence-corrected chi connectivity index (χ0v) is 13.3. The first kappa shape index (κ1) is 16.2. The van der Waals surface area contributed by atoms with E-state index in [0.29, 0.717) is 12.0 Å². The molecule has 1 aliphatic rings. The lowest BCUT2D eigenvalue weighted by Crippen LogP contribution is -2.44. The molecule has 1 aromatic rings. The lowest BCUT2D eigenvalue weighted by molar-refractivity contribution is 0.0496. The monoisotopic (exact) mass is 293 g/mol. The van der Waals surface area contributed by atoms with Crippen LogP contribution in [0.5, 0.6) is 0 Å². The third-order valence-corrected chi connectivity index (χ3v) is 4.14. The first-order chi connectivity index (χ1) is 10.2. The van der Waals surface area contributed by atoms with Gasteiger partial charge >= 0.3 is 0 Å². The van der Waals surface area contributed by atoms with Gasteiger partial charge in [-0.05, 0) is 24.0 Å². The quantitative estimate of drug-likeness (QED) is 0.775. The van der Waals surface area contributed by atoms with Crippen LogP contribution in [0.1, 0.15) is 18.9 Å². The summed E-state index contributed by atoms with van der Waals surface area (Å²) in [5.74, 6) is 1.67. The van der Waals surface area contributed by atoms with Gasteiger partial charge < -0.3 is 19.7 Å². The van der Waals surface area contributed by atoms with Crippen LogP contribution in [-0.4, -0.2) is 51.5 Å². The highest BCUT2D eigenvalue weighted by Crippen LogP contribution is 2.23. The van der Waals surface area contributed by atoms with Gasteiger partial charge in [0.15, 0.2) is 0 Å². The van der Waals surface area contributed by atoms with Crippen molar-refractivity contribution in [3.8, 4) is 0 Å². The Bertz CT molecular complexity index is 410. The summed E-state index contributed by atoms with van der Waals surface area (Å²) in [4.78, 5) is 6.91. The minimum Gasteiger partial charge on any atom is -0.383 e. The average Bonchev–Trinajstić information content (AvgIpc) is 2.53. The summed E-state index contributed by atoms with van der Waals surface area (Å²) >= 11 is 0. The van der Waals surface area contributed by atoms with Crippen molar-refractivity contribution in [3.63, 3.8) is 0 Å². The van der Waals surface area contributed by atoms with Crippen LogP contribution in [-0.2, 0) is 16.0 Å². The van der Waals surface area contributed by atoms with E-state index in [-0.39, 0.29) is 0 Å². The van der Waals surface area contributed by atoms with E-state index in [4.69, 9.17) is 9.47 Å². The zero-order chi connectivity index (χ0) is 15.1. The van der Waals surface area contributed by atoms with Crippen molar-refractivity contribution in [2.75, 3.05) is 45.4 Å². The lowest BCUT2D eigenvalue weighted by atomic mass is 9.96. The van der Waals surface area contributed by atoms with E-state index in [2.05, 4.69) is 34.3 Å². The van der Waals surface area contributed by atoms with Gasteiger partial charge in [0.2, 0.25) is 0 Å². The largest absolute Gasteiger partial charge is 0.383 e. The second-order valence-corrected chi connectivity index (χ2v) is 5.68. The Kier molecular flexibility index (Phi) is 6.42. The van der Waals surface area contributed by atoms with Crippen molar-refractivity contribution in [1.29, 1.82) is 0 Å². The Hall–Kier alpha value is -1.17. The summed E-state index contributed by atoms with van der Waals surface area (Å²) in [6, 6.07) is 4.25. The smallest absolute Gasteiger partial charge is 0.128 e. The van der Waals surface area contributed by atoms with Crippen LogP contribution in [0, 0.1) is 5.92 Å². The third-order valence-electron chi connectivity index (χ3n) is 4.14. The van der Waals surface area contributed by atoms with Crippen LogP contribution >= 0.6 is 0 Å². The second kappa shape index (κ2) is 8.32. The van der Waals surface area contributed by atoms with E-state index >= 15 is 0 Å². The van der Waals surface area contributed by atoms with Gasteiger partial charge in [-0.3, -0.25) is 0 Å². The van der Waals surface area contributed by atoms with Crippen LogP contribution in [0.3, 0.4) is 0 Å². The van der Waals surface area contributed by atoms with Crippen LogP contribution in [0.4, 0.5) is 5.82 Å². The Morgan fingerprint density at radius 2 is 2.24 bits per heavy atom. The normalized spacial score (nSPS) is 22.5. The first-order valence-electron chi connectivity index (χ1n) is 7.67. The molecule has 2 unspecified atom stereocenters. The van der Waals surface area contributed by atoms with Crippen molar-refractivity contribution in [2.24, 2.45) is 5.92 Å². The van der Waals surface area contributed by atoms with Gasteiger partial charge in [-0.15, -0.1) is 0 Å². The molecule has 0 spiro atoms. The molecule has 1 fully saturated rings. The molecule has 0 amide bonds. The topological polar surface area (TPSA) is 46.6 Å². The minimum absolute atomic E-state index is 0.302. The Labute approximate surface area is 127 Å². The summed E-state index contributed by atoms with van der Waals surface area (Å²) in [7, 11) is 3.51. The number of rotatable bonds is 7. The maximum Gasteiger partial charge on any atom is 0.128 e. The Morgan fingerprint density at radius 1 is 1.38 bits per heavy atom. The molecular formula is C16H27N3O2. The standard InChI is InChI=1S/C16H27N3O2/c1-13-6-8-19(12-15(13)21-3)16-5-4-14(11-18-16)10-17-7-9-20-2/h4-5,11,13,15,17H,6-10,12H2,1-3H3. The molecule has 1 N–H and O–H groups in total. The highest BCUT2D eigenvalue weighted by molar-refractivity contribution is 5.40. The van der Waals surface area contributed by atoms with Gasteiger partial charge in [-0.2, -0.15) is 0 Å². The predicted octanol–water partition coefficient (Wildman–Crippen LogP) is 1.68. The number of pyridine rings is 1. The van der Waals surface area contributed by atoms with E-state index in [9.17, 15) is 0 Å². The number of methoxy groups -OCH3 is 2. The molecule has 21 heavy (non-hydrogen) atoms. The maximum absolute atomic E-state index is 5.56. The summed E-state index contributed by atoms with van der Waals surface area (Å²) in [5, 5.41) is 3.32. The highest BCUT2D eigenvalue weighted by atomic mass is 16.5. The van der Waals surface area contributed by atoms with Crippen molar-refractivity contribution in [2.45, 2.75) is 26.0 Å². The molecule has 2 atom stereocenters. The molecule has 5 nitrogen and oxygen atoms in total. The third kappa shape index (κ3) is 4.66. The van der Waals surface area contributed by atoms with Crippen molar-refractivity contribution < 1.29 is 9.47 Å². The summed E-state index contributed by atoms with van der Waals surface area (Å²) in [5.41, 5.74) is 1.20. The molecule has 0 aliphatic carbocycles. The lowest BCUT2D eigenvalue weighted by Gasteiger charge is -2.36. The highest BCUT2D eigenvalue weighted by Gasteiger charge is 2.26. The van der Waals surface area contributed by atoms with Crippen LogP contribution in [0.15, 0.2) is 18.3 Å². The molecule has 2 heterocycles. The van der Waals surface area contributed by atoms with E-state index < -0.39 is 0 Å². The van der Waals surface area contributed by atoms with Gasteiger partial charge in [0.05, 0.1) is 12.7 Å². The maximum atomic E-state index is 5.56. The molecule has 2 rings (SSSR count). The number of nitrogens with one attached hydrogen (secondary N) is 1. The molecule has 5 heteroatoms. The van der Waals surface area contributed by atoms with E-state index in [1.807, 2.05) is 6.20 Å². The summed E-state index contributed by atoms with van der Waals surface area (Å²) in [6.07, 6.45) is 3.41. The molecular weight excluding hydrogens is 266 g/mol. The van der Waals surface area contributed by atoms with E-state index in [1.165, 1.54) is 5.56 Å². The number of hydrogen-bond acceptors (Lipinski definition) is 5. The number of hydrogen-bond donors (Lipinski definition) is 1. The van der Waals surface area contributed by atoms with Crippen molar-refractivity contribution in [1.82, 2.24) is 10.3 Å². The fraction of sp³-hybridized carbons (Fsp3) is 0.688. The number of anilines is 1. The number of piperidine rings is 1. The van der Waals surface area contributed by atoms with Crippen molar-refractivity contribution in [3.05, 3.63) is 23.9 Å². The van der Waals surface area contributed by atoms with E-state index in [0.717, 1.165) is 45.0 Å². The molecule has 118 valence electrons.